The average Bonchev–Trinajstić information content (AvgIpc) is 2.45. The topological polar surface area (TPSA) is 64.8 Å². The Labute approximate surface area is 126 Å². The summed E-state index contributed by atoms with van der Waals surface area (Å²) in [7, 11) is 3.08. The lowest BCUT2D eigenvalue weighted by molar-refractivity contribution is -0.274. The summed E-state index contributed by atoms with van der Waals surface area (Å²) in [6, 6.07) is 5.36. The molecule has 124 valence electrons. The van der Waals surface area contributed by atoms with Crippen LogP contribution >= 0.6 is 0 Å². The van der Waals surface area contributed by atoms with E-state index < -0.39 is 6.36 Å². The number of benzene rings is 1. The molecule has 0 bridgehead atoms. The molecule has 0 heterocycles. The lowest BCUT2D eigenvalue weighted by atomic mass is 10.2. The van der Waals surface area contributed by atoms with Gasteiger partial charge in [0, 0.05) is 27.2 Å². The van der Waals surface area contributed by atoms with Gasteiger partial charge in [-0.15, -0.1) is 13.2 Å². The van der Waals surface area contributed by atoms with Crippen LogP contribution in [0, 0.1) is 0 Å². The number of amides is 1. The fraction of sp³-hybridized carbons (Fsp3) is 0.500. The molecule has 1 unspecified atom stereocenters. The number of methoxy groups -OCH3 is 1. The van der Waals surface area contributed by atoms with Gasteiger partial charge in [0.1, 0.15) is 5.75 Å². The second-order valence-corrected chi connectivity index (χ2v) is 4.74. The van der Waals surface area contributed by atoms with Crippen LogP contribution in [0.25, 0.3) is 0 Å². The van der Waals surface area contributed by atoms with E-state index >= 15 is 0 Å². The Morgan fingerprint density at radius 3 is 2.36 bits per heavy atom. The van der Waals surface area contributed by atoms with E-state index in [1.54, 1.807) is 7.05 Å². The highest BCUT2D eigenvalue weighted by Gasteiger charge is 2.30. The van der Waals surface area contributed by atoms with Crippen molar-refractivity contribution < 1.29 is 27.4 Å². The molecule has 0 aliphatic carbocycles. The van der Waals surface area contributed by atoms with Crippen molar-refractivity contribution in [1.29, 1.82) is 0 Å². The molecule has 0 spiro atoms. The molecular formula is C14H19F3N2O3. The summed E-state index contributed by atoms with van der Waals surface area (Å²) in [5, 5.41) is 0. The molecule has 22 heavy (non-hydrogen) atoms. The summed E-state index contributed by atoms with van der Waals surface area (Å²) >= 11 is 0. The number of hydrogen-bond donors (Lipinski definition) is 1. The molecule has 1 amide bonds. The minimum absolute atomic E-state index is 0.152. The van der Waals surface area contributed by atoms with Gasteiger partial charge in [0.25, 0.3) is 0 Å². The number of alkyl halides is 3. The molecule has 0 saturated heterocycles. The fourth-order valence-corrected chi connectivity index (χ4v) is 1.77. The highest BCUT2D eigenvalue weighted by molar-refractivity contribution is 5.76. The van der Waals surface area contributed by atoms with Crippen LogP contribution in [-0.4, -0.2) is 44.0 Å². The first-order valence-corrected chi connectivity index (χ1v) is 6.56. The molecule has 8 heteroatoms. The van der Waals surface area contributed by atoms with Gasteiger partial charge in [-0.25, -0.2) is 0 Å². The summed E-state index contributed by atoms with van der Waals surface area (Å²) < 4.78 is 45.0. The van der Waals surface area contributed by atoms with Gasteiger partial charge in [-0.3, -0.25) is 4.79 Å². The predicted octanol–water partition coefficient (Wildman–Crippen LogP) is 1.91. The van der Waals surface area contributed by atoms with Gasteiger partial charge in [0.15, 0.2) is 0 Å². The van der Waals surface area contributed by atoms with Crippen molar-refractivity contribution in [3.8, 4) is 5.75 Å². The van der Waals surface area contributed by atoms with Crippen LogP contribution in [0.4, 0.5) is 13.2 Å². The fourth-order valence-electron chi connectivity index (χ4n) is 1.77. The first kappa shape index (κ1) is 18.2. The van der Waals surface area contributed by atoms with Gasteiger partial charge in [-0.1, -0.05) is 12.1 Å². The maximum absolute atomic E-state index is 12.0. The Morgan fingerprint density at radius 2 is 1.91 bits per heavy atom. The van der Waals surface area contributed by atoms with E-state index in [1.165, 1.54) is 36.3 Å². The number of hydrogen-bond acceptors (Lipinski definition) is 4. The summed E-state index contributed by atoms with van der Waals surface area (Å²) in [5.74, 6) is -0.458. The summed E-state index contributed by atoms with van der Waals surface area (Å²) in [5.41, 5.74) is 6.14. The molecule has 0 fully saturated rings. The van der Waals surface area contributed by atoms with Gasteiger partial charge >= 0.3 is 6.36 Å². The van der Waals surface area contributed by atoms with E-state index in [0.29, 0.717) is 5.56 Å². The normalized spacial score (nSPS) is 12.8. The third kappa shape index (κ3) is 6.31. The highest BCUT2D eigenvalue weighted by Crippen LogP contribution is 2.23. The zero-order chi connectivity index (χ0) is 16.8. The van der Waals surface area contributed by atoms with Crippen LogP contribution in [0.2, 0.25) is 0 Å². The SMILES string of the molecule is COC(CN)CC(=O)N(C)Cc1ccc(OC(F)(F)F)cc1. The summed E-state index contributed by atoms with van der Waals surface area (Å²) in [6.07, 6.45) is -4.91. The monoisotopic (exact) mass is 320 g/mol. The van der Waals surface area contributed by atoms with Crippen LogP contribution in [0.3, 0.4) is 0 Å². The van der Waals surface area contributed by atoms with E-state index in [2.05, 4.69) is 4.74 Å². The van der Waals surface area contributed by atoms with Crippen molar-refractivity contribution >= 4 is 5.91 Å². The molecular weight excluding hydrogens is 301 g/mol. The second kappa shape index (κ2) is 8.00. The van der Waals surface area contributed by atoms with Crippen LogP contribution in [0.1, 0.15) is 12.0 Å². The first-order valence-electron chi connectivity index (χ1n) is 6.56. The molecule has 1 rings (SSSR count). The minimum atomic E-state index is -4.72. The molecule has 1 aromatic rings. The number of halogens is 3. The lowest BCUT2D eigenvalue weighted by Crippen LogP contribution is -2.33. The Balaban J connectivity index is 2.57. The zero-order valence-corrected chi connectivity index (χ0v) is 12.4. The smallest absolute Gasteiger partial charge is 0.406 e. The van der Waals surface area contributed by atoms with Crippen molar-refractivity contribution in [1.82, 2.24) is 4.90 Å². The predicted molar refractivity (Wildman–Crippen MR) is 74.1 cm³/mol. The number of rotatable bonds is 7. The van der Waals surface area contributed by atoms with Crippen molar-refractivity contribution in [3.63, 3.8) is 0 Å². The zero-order valence-electron chi connectivity index (χ0n) is 12.4. The van der Waals surface area contributed by atoms with Crippen molar-refractivity contribution in [2.24, 2.45) is 5.73 Å². The molecule has 0 aliphatic rings. The Kier molecular flexibility index (Phi) is 6.63. The van der Waals surface area contributed by atoms with Crippen LogP contribution in [-0.2, 0) is 16.1 Å². The highest BCUT2D eigenvalue weighted by atomic mass is 19.4. The van der Waals surface area contributed by atoms with Gasteiger partial charge in [0.05, 0.1) is 12.5 Å². The molecule has 0 aromatic heterocycles. The van der Waals surface area contributed by atoms with E-state index in [0.717, 1.165) is 0 Å². The van der Waals surface area contributed by atoms with Gasteiger partial charge in [0.2, 0.25) is 5.91 Å². The van der Waals surface area contributed by atoms with Crippen molar-refractivity contribution in [3.05, 3.63) is 29.8 Å². The van der Waals surface area contributed by atoms with E-state index in [1.807, 2.05) is 0 Å². The van der Waals surface area contributed by atoms with E-state index in [9.17, 15) is 18.0 Å². The quantitative estimate of drug-likeness (QED) is 0.833. The molecule has 5 nitrogen and oxygen atoms in total. The number of carbonyl (C=O) groups is 1. The number of nitrogens with two attached hydrogens (primary N) is 1. The van der Waals surface area contributed by atoms with Gasteiger partial charge in [-0.2, -0.15) is 0 Å². The third-order valence-electron chi connectivity index (χ3n) is 3.00. The third-order valence-corrected chi connectivity index (χ3v) is 3.00. The van der Waals surface area contributed by atoms with Crippen LogP contribution < -0.4 is 10.5 Å². The van der Waals surface area contributed by atoms with Crippen LogP contribution in [0.15, 0.2) is 24.3 Å². The standard InChI is InChI=1S/C14H19F3N2O3/c1-19(13(20)7-12(8-18)21-2)9-10-3-5-11(6-4-10)22-14(15,16)17/h3-6,12H,7-9,18H2,1-2H3. The number of ether oxygens (including phenoxy) is 2. The van der Waals surface area contributed by atoms with Crippen LogP contribution in [0.5, 0.6) is 5.75 Å². The number of carbonyl (C=O) groups excluding carboxylic acids is 1. The Bertz CT molecular complexity index is 473. The molecule has 0 radical (unpaired) electrons. The summed E-state index contributed by atoms with van der Waals surface area (Å²) in [6.45, 7) is 0.506. The minimum Gasteiger partial charge on any atom is -0.406 e. The molecule has 2 N–H and O–H groups in total. The molecule has 1 atom stereocenters. The summed E-state index contributed by atoms with van der Waals surface area (Å²) in [4.78, 5) is 13.4. The Morgan fingerprint density at radius 1 is 1.32 bits per heavy atom. The molecule has 1 aromatic carbocycles. The maximum atomic E-state index is 12.0. The first-order chi connectivity index (χ1) is 10.2. The van der Waals surface area contributed by atoms with Gasteiger partial charge in [-0.05, 0) is 17.7 Å². The van der Waals surface area contributed by atoms with E-state index in [-0.39, 0.29) is 37.3 Å². The average molecular weight is 320 g/mol. The molecule has 0 aliphatic heterocycles. The maximum Gasteiger partial charge on any atom is 0.573 e. The number of nitrogens with zero attached hydrogens (tertiary/aromatic N) is 1. The van der Waals surface area contributed by atoms with Gasteiger partial charge < -0.3 is 20.1 Å². The van der Waals surface area contributed by atoms with Crippen molar-refractivity contribution in [2.45, 2.75) is 25.4 Å². The van der Waals surface area contributed by atoms with Crippen molar-refractivity contribution in [2.75, 3.05) is 20.7 Å². The Hall–Kier alpha value is -1.80. The van der Waals surface area contributed by atoms with E-state index in [4.69, 9.17) is 10.5 Å². The lowest BCUT2D eigenvalue weighted by Gasteiger charge is -2.20. The molecule has 0 saturated carbocycles. The second-order valence-electron chi connectivity index (χ2n) is 4.74. The largest absolute Gasteiger partial charge is 0.573 e.